The first-order valence-corrected chi connectivity index (χ1v) is 7.83. The summed E-state index contributed by atoms with van der Waals surface area (Å²) in [7, 11) is 1.40. The maximum Gasteiger partial charge on any atom is 0.307 e. The van der Waals surface area contributed by atoms with Crippen molar-refractivity contribution in [1.29, 1.82) is 0 Å². The molecule has 6 nitrogen and oxygen atoms in total. The van der Waals surface area contributed by atoms with Crippen molar-refractivity contribution in [3.05, 3.63) is 0 Å². The summed E-state index contributed by atoms with van der Waals surface area (Å²) < 4.78 is 4.63. The Balaban J connectivity index is 0.00000441. The SMILES string of the molecule is CCNC(=NCCC(=O)OC)NC1CN(C(C)C)CC1C.I. The summed E-state index contributed by atoms with van der Waals surface area (Å²) in [6, 6.07) is 0.960. The Labute approximate surface area is 151 Å². The predicted octanol–water partition coefficient (Wildman–Crippen LogP) is 1.45. The highest BCUT2D eigenvalue weighted by molar-refractivity contribution is 14.0. The van der Waals surface area contributed by atoms with Crippen LogP contribution in [0, 0.1) is 5.92 Å². The van der Waals surface area contributed by atoms with E-state index in [-0.39, 0.29) is 29.9 Å². The summed E-state index contributed by atoms with van der Waals surface area (Å²) in [6.07, 6.45) is 0.311. The largest absolute Gasteiger partial charge is 0.469 e. The van der Waals surface area contributed by atoms with E-state index in [0.29, 0.717) is 31.0 Å². The Kier molecular flexibility index (Phi) is 10.8. The Morgan fingerprint density at radius 1 is 1.41 bits per heavy atom. The molecule has 1 heterocycles. The molecule has 2 unspecified atom stereocenters. The van der Waals surface area contributed by atoms with Gasteiger partial charge in [0.05, 0.1) is 20.1 Å². The highest BCUT2D eigenvalue weighted by Gasteiger charge is 2.31. The zero-order valence-electron chi connectivity index (χ0n) is 14.4. The van der Waals surface area contributed by atoms with Gasteiger partial charge in [0.15, 0.2) is 5.96 Å². The van der Waals surface area contributed by atoms with E-state index < -0.39 is 0 Å². The molecule has 7 heteroatoms. The third-order valence-electron chi connectivity index (χ3n) is 3.85. The number of rotatable bonds is 6. The molecule has 0 spiro atoms. The van der Waals surface area contributed by atoms with Crippen LogP contribution in [0.5, 0.6) is 0 Å². The number of nitrogens with one attached hydrogen (secondary N) is 2. The minimum absolute atomic E-state index is 0. The predicted molar refractivity (Wildman–Crippen MR) is 101 cm³/mol. The third-order valence-corrected chi connectivity index (χ3v) is 3.85. The van der Waals surface area contributed by atoms with Gasteiger partial charge in [0.25, 0.3) is 0 Å². The van der Waals surface area contributed by atoms with Gasteiger partial charge in [-0.05, 0) is 26.7 Å². The maximum absolute atomic E-state index is 11.1. The molecule has 2 N–H and O–H groups in total. The molecule has 0 aromatic carbocycles. The monoisotopic (exact) mass is 426 g/mol. The van der Waals surface area contributed by atoms with Crippen LogP contribution in [-0.2, 0) is 9.53 Å². The van der Waals surface area contributed by atoms with Crippen molar-refractivity contribution in [2.24, 2.45) is 10.9 Å². The van der Waals surface area contributed by atoms with Crippen molar-refractivity contribution in [2.45, 2.75) is 46.2 Å². The van der Waals surface area contributed by atoms with E-state index in [1.54, 1.807) is 0 Å². The van der Waals surface area contributed by atoms with Gasteiger partial charge in [0.1, 0.15) is 0 Å². The first-order chi connectivity index (χ1) is 9.97. The maximum atomic E-state index is 11.1. The van der Waals surface area contributed by atoms with Crippen LogP contribution in [0.3, 0.4) is 0 Å². The minimum Gasteiger partial charge on any atom is -0.469 e. The normalized spacial score (nSPS) is 22.4. The first kappa shape index (κ1) is 21.4. The van der Waals surface area contributed by atoms with Crippen LogP contribution in [0.4, 0.5) is 0 Å². The number of halogens is 1. The number of carbonyl (C=O) groups excluding carboxylic acids is 1. The van der Waals surface area contributed by atoms with E-state index in [4.69, 9.17) is 0 Å². The first-order valence-electron chi connectivity index (χ1n) is 7.83. The van der Waals surface area contributed by atoms with Gasteiger partial charge in [-0.25, -0.2) is 0 Å². The highest BCUT2D eigenvalue weighted by atomic mass is 127. The number of hydrogen-bond donors (Lipinski definition) is 2. The average Bonchev–Trinajstić information content (AvgIpc) is 2.80. The Hall–Kier alpha value is -0.570. The third kappa shape index (κ3) is 7.13. The van der Waals surface area contributed by atoms with Crippen LogP contribution in [0.1, 0.15) is 34.1 Å². The van der Waals surface area contributed by atoms with Crippen LogP contribution in [0.2, 0.25) is 0 Å². The summed E-state index contributed by atoms with van der Waals surface area (Å²) in [5.41, 5.74) is 0. The quantitative estimate of drug-likeness (QED) is 0.291. The van der Waals surface area contributed by atoms with Crippen molar-refractivity contribution in [1.82, 2.24) is 15.5 Å². The van der Waals surface area contributed by atoms with E-state index >= 15 is 0 Å². The van der Waals surface area contributed by atoms with Crippen LogP contribution < -0.4 is 10.6 Å². The van der Waals surface area contributed by atoms with Gasteiger partial charge in [-0.3, -0.25) is 14.7 Å². The molecule has 2 atom stereocenters. The molecular weight excluding hydrogens is 395 g/mol. The molecular formula is C15H31IN4O2. The fourth-order valence-electron chi connectivity index (χ4n) is 2.47. The lowest BCUT2D eigenvalue weighted by atomic mass is 10.1. The number of methoxy groups -OCH3 is 1. The van der Waals surface area contributed by atoms with E-state index in [1.165, 1.54) is 7.11 Å². The lowest BCUT2D eigenvalue weighted by molar-refractivity contribution is -0.140. The number of likely N-dealkylation sites (tertiary alicyclic amines) is 1. The summed E-state index contributed by atoms with van der Waals surface area (Å²) in [4.78, 5) is 18.0. The lowest BCUT2D eigenvalue weighted by Gasteiger charge is -2.21. The lowest BCUT2D eigenvalue weighted by Crippen LogP contribution is -2.46. The Morgan fingerprint density at radius 3 is 2.59 bits per heavy atom. The molecule has 0 aromatic rings. The van der Waals surface area contributed by atoms with E-state index in [2.05, 4.69) is 46.0 Å². The van der Waals surface area contributed by atoms with Gasteiger partial charge in [0, 0.05) is 31.7 Å². The number of nitrogens with zero attached hydrogens (tertiary/aromatic N) is 2. The summed E-state index contributed by atoms with van der Waals surface area (Å²) in [5, 5.41) is 6.72. The molecule has 0 aromatic heterocycles. The fraction of sp³-hybridized carbons (Fsp3) is 0.867. The van der Waals surface area contributed by atoms with Crippen molar-refractivity contribution >= 4 is 35.9 Å². The van der Waals surface area contributed by atoms with E-state index in [9.17, 15) is 4.79 Å². The zero-order chi connectivity index (χ0) is 15.8. The zero-order valence-corrected chi connectivity index (χ0v) is 16.7. The van der Waals surface area contributed by atoms with Gasteiger partial charge in [-0.15, -0.1) is 24.0 Å². The number of carbonyl (C=O) groups is 1. The standard InChI is InChI=1S/C15H30N4O2.HI/c1-6-16-15(17-8-7-14(20)21-5)18-13-10-19(11(2)3)9-12(13)4;/h11-13H,6-10H2,1-5H3,(H2,16,17,18);1H. The smallest absolute Gasteiger partial charge is 0.307 e. The molecule has 1 aliphatic heterocycles. The van der Waals surface area contributed by atoms with Crippen molar-refractivity contribution < 1.29 is 9.53 Å². The number of guanidine groups is 1. The summed E-state index contributed by atoms with van der Waals surface area (Å²) >= 11 is 0. The van der Waals surface area contributed by atoms with Gasteiger partial charge in [0.2, 0.25) is 0 Å². The Morgan fingerprint density at radius 2 is 2.09 bits per heavy atom. The average molecular weight is 426 g/mol. The number of hydrogen-bond acceptors (Lipinski definition) is 4. The van der Waals surface area contributed by atoms with Crippen molar-refractivity contribution in [3.63, 3.8) is 0 Å². The van der Waals surface area contributed by atoms with Crippen molar-refractivity contribution in [3.8, 4) is 0 Å². The molecule has 1 rings (SSSR count). The molecule has 0 radical (unpaired) electrons. The Bertz CT molecular complexity index is 363. The summed E-state index contributed by atoms with van der Waals surface area (Å²) in [6.45, 7) is 12.1. The number of aliphatic imine (C=N–C) groups is 1. The van der Waals surface area contributed by atoms with E-state index in [1.807, 2.05) is 6.92 Å². The molecule has 1 aliphatic rings. The molecule has 0 saturated carbocycles. The van der Waals surface area contributed by atoms with Gasteiger partial charge in [-0.2, -0.15) is 0 Å². The van der Waals surface area contributed by atoms with Crippen LogP contribution in [-0.4, -0.2) is 62.2 Å². The van der Waals surface area contributed by atoms with Gasteiger partial charge in [-0.1, -0.05) is 6.92 Å². The molecule has 0 amide bonds. The van der Waals surface area contributed by atoms with Crippen LogP contribution in [0.25, 0.3) is 0 Å². The fourth-order valence-corrected chi connectivity index (χ4v) is 2.47. The van der Waals surface area contributed by atoms with Crippen molar-refractivity contribution in [2.75, 3.05) is 33.3 Å². The molecule has 1 fully saturated rings. The highest BCUT2D eigenvalue weighted by Crippen LogP contribution is 2.18. The van der Waals surface area contributed by atoms with Crippen LogP contribution >= 0.6 is 24.0 Å². The van der Waals surface area contributed by atoms with Crippen LogP contribution in [0.15, 0.2) is 4.99 Å². The molecule has 1 saturated heterocycles. The second-order valence-electron chi connectivity index (χ2n) is 5.86. The summed E-state index contributed by atoms with van der Waals surface area (Å²) in [5.74, 6) is 1.13. The van der Waals surface area contributed by atoms with Gasteiger partial charge < -0.3 is 15.4 Å². The molecule has 0 bridgehead atoms. The topological polar surface area (TPSA) is 66.0 Å². The number of esters is 1. The molecule has 130 valence electrons. The molecule has 22 heavy (non-hydrogen) atoms. The number of ether oxygens (including phenoxy) is 1. The minimum atomic E-state index is -0.227. The van der Waals surface area contributed by atoms with E-state index in [0.717, 1.165) is 25.6 Å². The van der Waals surface area contributed by atoms with Gasteiger partial charge >= 0.3 is 5.97 Å². The second kappa shape index (κ2) is 11.0. The second-order valence-corrected chi connectivity index (χ2v) is 5.86. The molecule has 0 aliphatic carbocycles.